The second-order valence-corrected chi connectivity index (χ2v) is 5.69. The van der Waals surface area contributed by atoms with E-state index in [4.69, 9.17) is 5.11 Å². The zero-order chi connectivity index (χ0) is 17.3. The number of hydrogen-bond donors (Lipinski definition) is 2. The summed E-state index contributed by atoms with van der Waals surface area (Å²) < 4.78 is 38.7. The Morgan fingerprint density at radius 2 is 1.83 bits per heavy atom. The van der Waals surface area contributed by atoms with Crippen LogP contribution in [0.4, 0.5) is 13.2 Å². The van der Waals surface area contributed by atoms with Gasteiger partial charge in [-0.25, -0.2) is 4.68 Å². The molecule has 1 heterocycles. The van der Waals surface area contributed by atoms with E-state index in [9.17, 15) is 18.0 Å². The van der Waals surface area contributed by atoms with E-state index in [0.29, 0.717) is 11.3 Å². The van der Waals surface area contributed by atoms with Gasteiger partial charge in [0.25, 0.3) is 5.91 Å². The van der Waals surface area contributed by atoms with E-state index in [2.05, 4.69) is 10.4 Å². The van der Waals surface area contributed by atoms with E-state index >= 15 is 0 Å². The largest absolute Gasteiger partial charge is 0.435 e. The summed E-state index contributed by atoms with van der Waals surface area (Å²) in [4.78, 5) is 12.0. The van der Waals surface area contributed by atoms with Crippen LogP contribution in [-0.4, -0.2) is 32.9 Å². The summed E-state index contributed by atoms with van der Waals surface area (Å²) in [6, 6.07) is 6.83. The Kier molecular flexibility index (Phi) is 4.46. The Labute approximate surface area is 130 Å². The van der Waals surface area contributed by atoms with Gasteiger partial charge in [0, 0.05) is 11.8 Å². The number of nitrogens with one attached hydrogen (secondary N) is 1. The molecule has 0 aliphatic heterocycles. The maximum absolute atomic E-state index is 12.5. The standard InChI is InChI=1S/C15H16F3N3O2/c1-14(2,9-22)19-13(23)10-3-5-11(6-4-10)21-8-7-12(20-21)15(16,17)18/h3-8,22H,9H2,1-2H3,(H,19,23). The van der Waals surface area contributed by atoms with E-state index in [1.54, 1.807) is 13.8 Å². The van der Waals surface area contributed by atoms with Gasteiger partial charge in [0.15, 0.2) is 5.69 Å². The smallest absolute Gasteiger partial charge is 0.394 e. The molecule has 1 amide bonds. The first-order valence-electron chi connectivity index (χ1n) is 6.79. The molecule has 0 spiro atoms. The normalized spacial score (nSPS) is 12.3. The average molecular weight is 327 g/mol. The van der Waals surface area contributed by atoms with Crippen LogP contribution >= 0.6 is 0 Å². The molecular formula is C15H16F3N3O2. The van der Waals surface area contributed by atoms with E-state index in [0.717, 1.165) is 10.7 Å². The van der Waals surface area contributed by atoms with Crippen molar-refractivity contribution in [2.24, 2.45) is 0 Å². The van der Waals surface area contributed by atoms with Gasteiger partial charge in [-0.05, 0) is 44.2 Å². The van der Waals surface area contributed by atoms with Crippen molar-refractivity contribution in [3.63, 3.8) is 0 Å². The molecule has 2 N–H and O–H groups in total. The van der Waals surface area contributed by atoms with Gasteiger partial charge in [-0.2, -0.15) is 18.3 Å². The second kappa shape index (κ2) is 6.04. The minimum absolute atomic E-state index is 0.218. The molecule has 1 aromatic carbocycles. The van der Waals surface area contributed by atoms with Gasteiger partial charge in [0.2, 0.25) is 0 Å². The van der Waals surface area contributed by atoms with Crippen LogP contribution in [0, 0.1) is 0 Å². The lowest BCUT2D eigenvalue weighted by Crippen LogP contribution is -2.46. The third-order valence-electron chi connectivity index (χ3n) is 3.12. The Morgan fingerprint density at radius 3 is 2.30 bits per heavy atom. The predicted molar refractivity (Wildman–Crippen MR) is 77.2 cm³/mol. The van der Waals surface area contributed by atoms with Crippen LogP contribution in [0.3, 0.4) is 0 Å². The van der Waals surface area contributed by atoms with Gasteiger partial charge in [-0.1, -0.05) is 0 Å². The Hall–Kier alpha value is -2.35. The SMILES string of the molecule is CC(C)(CO)NC(=O)c1ccc(-n2ccc(C(F)(F)F)n2)cc1. The predicted octanol–water partition coefficient (Wildman–Crippen LogP) is 2.39. The minimum atomic E-state index is -4.50. The highest BCUT2D eigenvalue weighted by molar-refractivity contribution is 5.94. The number of halogens is 3. The van der Waals surface area contributed by atoms with Crippen LogP contribution in [0.1, 0.15) is 29.9 Å². The van der Waals surface area contributed by atoms with Crippen molar-refractivity contribution < 1.29 is 23.1 Å². The molecule has 5 nitrogen and oxygen atoms in total. The summed E-state index contributed by atoms with van der Waals surface area (Å²) in [7, 11) is 0. The molecular weight excluding hydrogens is 311 g/mol. The zero-order valence-electron chi connectivity index (χ0n) is 12.6. The molecule has 0 unspecified atom stereocenters. The fraction of sp³-hybridized carbons (Fsp3) is 0.333. The van der Waals surface area contributed by atoms with Gasteiger partial charge >= 0.3 is 6.18 Å². The minimum Gasteiger partial charge on any atom is -0.394 e. The summed E-state index contributed by atoms with van der Waals surface area (Å²) in [5.41, 5.74) is -1.01. The summed E-state index contributed by atoms with van der Waals surface area (Å²) in [5, 5.41) is 15.2. The van der Waals surface area contributed by atoms with Gasteiger partial charge in [0.1, 0.15) is 0 Å². The fourth-order valence-electron chi connectivity index (χ4n) is 1.80. The van der Waals surface area contributed by atoms with Crippen LogP contribution in [-0.2, 0) is 6.18 Å². The Morgan fingerprint density at radius 1 is 1.22 bits per heavy atom. The first-order valence-corrected chi connectivity index (χ1v) is 6.79. The van der Waals surface area contributed by atoms with Crippen LogP contribution in [0.2, 0.25) is 0 Å². The number of aliphatic hydroxyl groups is 1. The highest BCUT2D eigenvalue weighted by Crippen LogP contribution is 2.27. The van der Waals surface area contributed by atoms with Gasteiger partial charge in [0.05, 0.1) is 17.8 Å². The molecule has 1 aromatic heterocycles. The number of carbonyl (C=O) groups excluding carboxylic acids is 1. The van der Waals surface area contributed by atoms with E-state index in [1.807, 2.05) is 0 Å². The van der Waals surface area contributed by atoms with Crippen LogP contribution < -0.4 is 5.32 Å². The maximum atomic E-state index is 12.5. The average Bonchev–Trinajstić information content (AvgIpc) is 2.97. The van der Waals surface area contributed by atoms with E-state index < -0.39 is 17.4 Å². The molecule has 124 valence electrons. The summed E-state index contributed by atoms with van der Waals surface area (Å²) in [5.74, 6) is -0.382. The maximum Gasteiger partial charge on any atom is 0.435 e. The van der Waals surface area contributed by atoms with Crippen molar-refractivity contribution in [1.82, 2.24) is 15.1 Å². The number of alkyl halides is 3. The first kappa shape index (κ1) is 17.0. The van der Waals surface area contributed by atoms with Gasteiger partial charge < -0.3 is 10.4 Å². The summed E-state index contributed by atoms with van der Waals surface area (Å²) in [6.45, 7) is 3.12. The number of aliphatic hydroxyl groups excluding tert-OH is 1. The number of amides is 1. The third-order valence-corrected chi connectivity index (χ3v) is 3.12. The third kappa shape index (κ3) is 4.10. The molecule has 0 atom stereocenters. The van der Waals surface area contributed by atoms with Crippen molar-refractivity contribution in [3.05, 3.63) is 47.8 Å². The molecule has 2 aromatic rings. The van der Waals surface area contributed by atoms with Crippen molar-refractivity contribution in [1.29, 1.82) is 0 Å². The van der Waals surface area contributed by atoms with E-state index in [1.165, 1.54) is 30.5 Å². The van der Waals surface area contributed by atoms with Gasteiger partial charge in [-0.3, -0.25) is 4.79 Å². The van der Waals surface area contributed by atoms with Crippen LogP contribution in [0.25, 0.3) is 5.69 Å². The summed E-state index contributed by atoms with van der Waals surface area (Å²) in [6.07, 6.45) is -3.30. The van der Waals surface area contributed by atoms with Crippen molar-refractivity contribution >= 4 is 5.91 Å². The highest BCUT2D eigenvalue weighted by Gasteiger charge is 2.33. The molecule has 23 heavy (non-hydrogen) atoms. The molecule has 0 saturated carbocycles. The lowest BCUT2D eigenvalue weighted by molar-refractivity contribution is -0.141. The molecule has 0 aliphatic rings. The Balaban J connectivity index is 2.16. The van der Waals surface area contributed by atoms with Crippen molar-refractivity contribution in [2.75, 3.05) is 6.61 Å². The fourth-order valence-corrected chi connectivity index (χ4v) is 1.80. The van der Waals surface area contributed by atoms with Crippen molar-refractivity contribution in [2.45, 2.75) is 25.6 Å². The molecule has 0 saturated heterocycles. The Bertz CT molecular complexity index is 691. The number of carbonyl (C=O) groups is 1. The number of nitrogens with zero attached hydrogens (tertiary/aromatic N) is 2. The first-order chi connectivity index (χ1) is 10.6. The number of hydrogen-bond acceptors (Lipinski definition) is 3. The number of rotatable bonds is 4. The molecule has 2 rings (SSSR count). The zero-order valence-corrected chi connectivity index (χ0v) is 12.6. The van der Waals surface area contributed by atoms with E-state index in [-0.39, 0.29) is 12.5 Å². The molecule has 8 heteroatoms. The second-order valence-electron chi connectivity index (χ2n) is 5.69. The monoisotopic (exact) mass is 327 g/mol. The summed E-state index contributed by atoms with van der Waals surface area (Å²) >= 11 is 0. The van der Waals surface area contributed by atoms with Crippen molar-refractivity contribution in [3.8, 4) is 5.69 Å². The molecule has 0 bridgehead atoms. The molecule has 0 fully saturated rings. The van der Waals surface area contributed by atoms with Gasteiger partial charge in [-0.15, -0.1) is 0 Å². The topological polar surface area (TPSA) is 67.2 Å². The quantitative estimate of drug-likeness (QED) is 0.906. The highest BCUT2D eigenvalue weighted by atomic mass is 19.4. The van der Waals surface area contributed by atoms with Crippen LogP contribution in [0.15, 0.2) is 36.5 Å². The molecule has 0 radical (unpaired) electrons. The number of aromatic nitrogens is 2. The lowest BCUT2D eigenvalue weighted by atomic mass is 10.1. The molecule has 0 aliphatic carbocycles. The lowest BCUT2D eigenvalue weighted by Gasteiger charge is -2.23. The number of benzene rings is 1. The van der Waals surface area contributed by atoms with Crippen LogP contribution in [0.5, 0.6) is 0 Å².